The third-order valence-electron chi connectivity index (χ3n) is 4.44. The van der Waals surface area contributed by atoms with Crippen LogP contribution in [0.25, 0.3) is 0 Å². The summed E-state index contributed by atoms with van der Waals surface area (Å²) in [7, 11) is 3.95. The normalized spacial score (nSPS) is 23.0. The highest BCUT2D eigenvalue weighted by molar-refractivity contribution is 5.30. The summed E-state index contributed by atoms with van der Waals surface area (Å²) in [5.74, 6) is 0. The second kappa shape index (κ2) is 7.90. The summed E-state index contributed by atoms with van der Waals surface area (Å²) >= 11 is 0. The van der Waals surface area contributed by atoms with Crippen LogP contribution in [0.15, 0.2) is 24.3 Å². The molecule has 0 spiro atoms. The average Bonchev–Trinajstić information content (AvgIpc) is 2.63. The second-order valence-electron chi connectivity index (χ2n) is 6.09. The number of rotatable bonds is 5. The zero-order valence-corrected chi connectivity index (χ0v) is 13.6. The Morgan fingerprint density at radius 2 is 2.10 bits per heavy atom. The summed E-state index contributed by atoms with van der Waals surface area (Å²) in [6, 6.07) is 9.32. The summed E-state index contributed by atoms with van der Waals surface area (Å²) in [6.45, 7) is 6.97. The van der Waals surface area contributed by atoms with Crippen molar-refractivity contribution in [1.82, 2.24) is 9.80 Å². The number of hydrogen-bond donors (Lipinski definition) is 1. The molecule has 0 aliphatic carbocycles. The van der Waals surface area contributed by atoms with Gasteiger partial charge >= 0.3 is 0 Å². The van der Waals surface area contributed by atoms with Crippen molar-refractivity contribution in [3.63, 3.8) is 0 Å². The van der Waals surface area contributed by atoms with E-state index in [1.54, 1.807) is 7.11 Å². The van der Waals surface area contributed by atoms with Crippen molar-refractivity contribution in [2.45, 2.75) is 32.0 Å². The van der Waals surface area contributed by atoms with Crippen LogP contribution < -0.4 is 5.73 Å². The molecule has 1 heterocycles. The molecule has 118 valence electrons. The Labute approximate surface area is 128 Å². The largest absolute Gasteiger partial charge is 0.380 e. The minimum absolute atomic E-state index is 0.276. The predicted octanol–water partition coefficient (Wildman–Crippen LogP) is 1.86. The van der Waals surface area contributed by atoms with Gasteiger partial charge < -0.3 is 15.4 Å². The Bertz CT molecular complexity index is 438. The predicted molar refractivity (Wildman–Crippen MR) is 87.2 cm³/mol. The number of hydrogen-bond acceptors (Lipinski definition) is 4. The Morgan fingerprint density at radius 1 is 1.33 bits per heavy atom. The van der Waals surface area contributed by atoms with E-state index in [4.69, 9.17) is 10.5 Å². The van der Waals surface area contributed by atoms with E-state index in [-0.39, 0.29) is 6.04 Å². The fourth-order valence-electron chi connectivity index (χ4n) is 3.44. The maximum atomic E-state index is 6.15. The SMILES string of the molecule is COCc1ccccc1C(CN)N1CCCN(C)CC1C. The maximum Gasteiger partial charge on any atom is 0.0716 e. The van der Waals surface area contributed by atoms with Gasteiger partial charge in [0.2, 0.25) is 0 Å². The van der Waals surface area contributed by atoms with Gasteiger partial charge in [-0.2, -0.15) is 0 Å². The lowest BCUT2D eigenvalue weighted by atomic mass is 9.98. The summed E-state index contributed by atoms with van der Waals surface area (Å²) in [5, 5.41) is 0. The van der Waals surface area contributed by atoms with Gasteiger partial charge in [-0.25, -0.2) is 0 Å². The molecule has 1 aliphatic rings. The van der Waals surface area contributed by atoms with E-state index < -0.39 is 0 Å². The molecule has 21 heavy (non-hydrogen) atoms. The first kappa shape index (κ1) is 16.4. The molecule has 1 saturated heterocycles. The van der Waals surface area contributed by atoms with Crippen LogP contribution in [0.5, 0.6) is 0 Å². The molecule has 0 bridgehead atoms. The summed E-state index contributed by atoms with van der Waals surface area (Å²) < 4.78 is 5.35. The van der Waals surface area contributed by atoms with Crippen LogP contribution >= 0.6 is 0 Å². The fourth-order valence-corrected chi connectivity index (χ4v) is 3.44. The van der Waals surface area contributed by atoms with E-state index in [1.807, 2.05) is 0 Å². The van der Waals surface area contributed by atoms with Crippen LogP contribution in [0.1, 0.15) is 30.5 Å². The Hall–Kier alpha value is -0.940. The zero-order valence-electron chi connectivity index (χ0n) is 13.6. The van der Waals surface area contributed by atoms with E-state index >= 15 is 0 Å². The van der Waals surface area contributed by atoms with Crippen LogP contribution in [-0.4, -0.2) is 56.2 Å². The first-order chi connectivity index (χ1) is 10.2. The molecule has 1 aliphatic heterocycles. The molecule has 0 amide bonds. The van der Waals surface area contributed by atoms with Gasteiger partial charge in [0.05, 0.1) is 6.61 Å². The van der Waals surface area contributed by atoms with Gasteiger partial charge in [-0.15, -0.1) is 0 Å². The monoisotopic (exact) mass is 291 g/mol. The molecule has 0 aromatic heterocycles. The fraction of sp³-hybridized carbons (Fsp3) is 0.647. The van der Waals surface area contributed by atoms with Crippen LogP contribution in [0, 0.1) is 0 Å². The van der Waals surface area contributed by atoms with Gasteiger partial charge in [-0.3, -0.25) is 4.90 Å². The molecule has 0 saturated carbocycles. The molecule has 1 aromatic rings. The molecule has 1 aromatic carbocycles. The van der Waals surface area contributed by atoms with Crippen molar-refractivity contribution in [3.8, 4) is 0 Å². The third kappa shape index (κ3) is 4.04. The first-order valence-corrected chi connectivity index (χ1v) is 7.88. The van der Waals surface area contributed by atoms with E-state index in [1.165, 1.54) is 17.5 Å². The quantitative estimate of drug-likeness (QED) is 0.899. The van der Waals surface area contributed by atoms with Gasteiger partial charge in [0.1, 0.15) is 0 Å². The zero-order chi connectivity index (χ0) is 15.2. The Morgan fingerprint density at radius 3 is 2.81 bits per heavy atom. The lowest BCUT2D eigenvalue weighted by Gasteiger charge is -2.36. The number of likely N-dealkylation sites (N-methyl/N-ethyl adjacent to an activating group) is 1. The lowest BCUT2D eigenvalue weighted by Crippen LogP contribution is -2.43. The van der Waals surface area contributed by atoms with Crippen molar-refractivity contribution in [1.29, 1.82) is 0 Å². The van der Waals surface area contributed by atoms with E-state index in [2.05, 4.69) is 48.0 Å². The van der Waals surface area contributed by atoms with E-state index in [0.29, 0.717) is 19.2 Å². The van der Waals surface area contributed by atoms with E-state index in [0.717, 1.165) is 19.6 Å². The number of ether oxygens (including phenoxy) is 1. The molecular weight excluding hydrogens is 262 g/mol. The van der Waals surface area contributed by atoms with Crippen molar-refractivity contribution >= 4 is 0 Å². The molecule has 2 N–H and O–H groups in total. The molecule has 4 nitrogen and oxygen atoms in total. The standard InChI is InChI=1S/C17H29N3O/c1-14-12-19(2)9-6-10-20(14)17(11-18)16-8-5-4-7-15(16)13-21-3/h4-5,7-8,14,17H,6,9-13,18H2,1-3H3. The molecule has 2 atom stereocenters. The number of nitrogens with zero attached hydrogens (tertiary/aromatic N) is 2. The maximum absolute atomic E-state index is 6.15. The Kier molecular flexibility index (Phi) is 6.18. The number of methoxy groups -OCH3 is 1. The summed E-state index contributed by atoms with van der Waals surface area (Å²) in [4.78, 5) is 4.98. The molecule has 2 rings (SSSR count). The van der Waals surface area contributed by atoms with Crippen LogP contribution in [-0.2, 0) is 11.3 Å². The minimum atomic E-state index is 0.276. The highest BCUT2D eigenvalue weighted by Crippen LogP contribution is 2.27. The highest BCUT2D eigenvalue weighted by Gasteiger charge is 2.27. The number of nitrogens with two attached hydrogens (primary N) is 1. The molecule has 0 radical (unpaired) electrons. The van der Waals surface area contributed by atoms with Crippen molar-refractivity contribution in [2.24, 2.45) is 5.73 Å². The van der Waals surface area contributed by atoms with Gasteiger partial charge in [0, 0.05) is 38.8 Å². The third-order valence-corrected chi connectivity index (χ3v) is 4.44. The van der Waals surface area contributed by atoms with Crippen LogP contribution in [0.2, 0.25) is 0 Å². The highest BCUT2D eigenvalue weighted by atomic mass is 16.5. The van der Waals surface area contributed by atoms with Gasteiger partial charge in [-0.1, -0.05) is 24.3 Å². The second-order valence-corrected chi connectivity index (χ2v) is 6.09. The smallest absolute Gasteiger partial charge is 0.0716 e. The van der Waals surface area contributed by atoms with E-state index in [9.17, 15) is 0 Å². The summed E-state index contributed by atoms with van der Waals surface area (Å²) in [6.07, 6.45) is 1.20. The lowest BCUT2D eigenvalue weighted by molar-refractivity contribution is 0.141. The van der Waals surface area contributed by atoms with Gasteiger partial charge in [0.15, 0.2) is 0 Å². The van der Waals surface area contributed by atoms with Crippen LogP contribution in [0.3, 0.4) is 0 Å². The molecular formula is C17H29N3O. The van der Waals surface area contributed by atoms with Crippen molar-refractivity contribution < 1.29 is 4.74 Å². The molecule has 2 unspecified atom stereocenters. The molecule has 4 heteroatoms. The average molecular weight is 291 g/mol. The molecule has 1 fully saturated rings. The van der Waals surface area contributed by atoms with Crippen molar-refractivity contribution in [3.05, 3.63) is 35.4 Å². The van der Waals surface area contributed by atoms with Crippen LogP contribution in [0.4, 0.5) is 0 Å². The van der Waals surface area contributed by atoms with Gasteiger partial charge in [0.25, 0.3) is 0 Å². The van der Waals surface area contributed by atoms with Crippen molar-refractivity contribution in [2.75, 3.05) is 40.3 Å². The number of benzene rings is 1. The Balaban J connectivity index is 2.26. The van der Waals surface area contributed by atoms with Gasteiger partial charge in [-0.05, 0) is 38.1 Å². The topological polar surface area (TPSA) is 41.7 Å². The minimum Gasteiger partial charge on any atom is -0.380 e. The summed E-state index contributed by atoms with van der Waals surface area (Å²) in [5.41, 5.74) is 8.72. The first-order valence-electron chi connectivity index (χ1n) is 7.88.